The van der Waals surface area contributed by atoms with Gasteiger partial charge in [-0.15, -0.1) is 0 Å². The van der Waals surface area contributed by atoms with E-state index in [2.05, 4.69) is 31.6 Å². The minimum atomic E-state index is -1.63. The lowest BCUT2D eigenvalue weighted by atomic mass is 10.0. The van der Waals surface area contributed by atoms with Crippen LogP contribution >= 0.6 is 11.8 Å². The van der Waals surface area contributed by atoms with Crippen LogP contribution in [0.4, 0.5) is 0 Å². The van der Waals surface area contributed by atoms with E-state index in [0.29, 0.717) is 37.1 Å². The first-order chi connectivity index (χ1) is 32.0. The highest BCUT2D eigenvalue weighted by Gasteiger charge is 2.42. The van der Waals surface area contributed by atoms with Gasteiger partial charge in [-0.05, 0) is 99.8 Å². The summed E-state index contributed by atoms with van der Waals surface area (Å²) in [7, 11) is 0. The maximum absolute atomic E-state index is 14.5. The Labute approximate surface area is 402 Å². The first-order valence-electron chi connectivity index (χ1n) is 23.2. The van der Waals surface area contributed by atoms with Crippen LogP contribution in [0.15, 0.2) is 29.3 Å². The van der Waals surface area contributed by atoms with E-state index in [1.165, 1.54) is 52.8 Å². The van der Waals surface area contributed by atoms with Crippen LogP contribution in [0.2, 0.25) is 0 Å². The van der Waals surface area contributed by atoms with Crippen molar-refractivity contribution in [3.8, 4) is 5.75 Å². The molecule has 380 valence electrons. The van der Waals surface area contributed by atoms with Gasteiger partial charge in [0.2, 0.25) is 41.4 Å². The second-order valence-electron chi connectivity index (χ2n) is 18.2. The normalized spacial score (nSPS) is 18.9. The van der Waals surface area contributed by atoms with Crippen molar-refractivity contribution in [2.75, 3.05) is 31.6 Å². The highest BCUT2D eigenvalue weighted by Crippen LogP contribution is 2.23. The number of nitrogens with two attached hydrogens (primary N) is 3. The molecular weight excluding hydrogens is 903 g/mol. The molecule has 22 nitrogen and oxygen atoms in total. The zero-order chi connectivity index (χ0) is 50.8. The van der Waals surface area contributed by atoms with E-state index < -0.39 is 95.9 Å². The zero-order valence-electron chi connectivity index (χ0n) is 39.9. The summed E-state index contributed by atoms with van der Waals surface area (Å²) in [4.78, 5) is 116. The minimum Gasteiger partial charge on any atom is -0.508 e. The molecule has 14 N–H and O–H groups in total. The average Bonchev–Trinajstić information content (AvgIpc) is 3.98. The molecule has 0 aromatic heterocycles. The molecule has 2 heterocycles. The molecule has 3 rings (SSSR count). The number of aromatic hydroxyl groups is 1. The van der Waals surface area contributed by atoms with Crippen LogP contribution in [0.3, 0.4) is 0 Å². The molecule has 1 aromatic carbocycles. The van der Waals surface area contributed by atoms with E-state index in [1.807, 2.05) is 27.7 Å². The Kier molecular flexibility index (Phi) is 22.8. The van der Waals surface area contributed by atoms with E-state index >= 15 is 0 Å². The summed E-state index contributed by atoms with van der Waals surface area (Å²) in [6.45, 7) is 9.20. The van der Waals surface area contributed by atoms with Crippen molar-refractivity contribution in [3.05, 3.63) is 29.8 Å². The molecule has 0 aliphatic carbocycles. The Morgan fingerprint density at radius 1 is 0.750 bits per heavy atom. The largest absolute Gasteiger partial charge is 0.508 e. The monoisotopic (exact) mass is 976 g/mol. The molecule has 2 saturated heterocycles. The number of aliphatic imine (C=N–C) groups is 1. The molecule has 0 saturated carbocycles. The van der Waals surface area contributed by atoms with Crippen molar-refractivity contribution in [3.63, 3.8) is 0 Å². The van der Waals surface area contributed by atoms with Crippen molar-refractivity contribution < 1.29 is 53.7 Å². The van der Waals surface area contributed by atoms with Crippen LogP contribution in [0, 0.1) is 11.8 Å². The molecule has 2 aliphatic rings. The van der Waals surface area contributed by atoms with Gasteiger partial charge in [0, 0.05) is 26.1 Å². The molecule has 0 bridgehead atoms. The Bertz CT molecular complexity index is 1930. The highest BCUT2D eigenvalue weighted by atomic mass is 32.2. The predicted octanol–water partition coefficient (Wildman–Crippen LogP) is -1.36. The first kappa shape index (κ1) is 56.6. The number of phenols is 1. The van der Waals surface area contributed by atoms with Crippen molar-refractivity contribution in [2.24, 2.45) is 34.0 Å². The van der Waals surface area contributed by atoms with Gasteiger partial charge in [-0.2, -0.15) is 11.8 Å². The maximum Gasteiger partial charge on any atom is 0.326 e. The smallest absolute Gasteiger partial charge is 0.326 e. The standard InChI is InChI=1S/C45H73N11O11S/c1-24(2)22-31(52-40(62)34-12-9-20-56(34)43(65)35(46)25(3)4)38(60)51-30(10-7-18-49-45(47)48)42(64)55-19-8-11-33(55)39(61)50-29(17-21-68-6)37(59)54-36(26(5)57)41(63)53-32(44(66)67)23-27-13-15-28(58)16-14-27/h13-16,24-26,29-36,57-58H,7-12,17-23,46H2,1-6H3,(H,50,61)(H,51,60)(H,52,62)(H,53,63)(H,54,59)(H,66,67)(H4,47,48,49)/t26-,29+,30+,31+,32+,33+,34+,35+,36+/m1/s1. The number of thioether (sulfide) groups is 1. The number of phenolic OH excluding ortho intramolecular Hbond substituents is 1. The number of benzene rings is 1. The van der Waals surface area contributed by atoms with Crippen LogP contribution in [-0.4, -0.2) is 164 Å². The van der Waals surface area contributed by atoms with E-state index in [0.717, 1.165) is 0 Å². The van der Waals surface area contributed by atoms with Gasteiger partial charge in [-0.25, -0.2) is 4.79 Å². The van der Waals surface area contributed by atoms with E-state index in [-0.39, 0.29) is 81.1 Å². The molecule has 68 heavy (non-hydrogen) atoms. The molecule has 9 atom stereocenters. The van der Waals surface area contributed by atoms with Gasteiger partial charge < -0.3 is 68.9 Å². The molecule has 2 aliphatic heterocycles. The molecule has 7 amide bonds. The highest BCUT2D eigenvalue weighted by molar-refractivity contribution is 7.98. The maximum atomic E-state index is 14.5. The molecule has 1 aromatic rings. The number of carboxylic acids is 1. The van der Waals surface area contributed by atoms with Crippen molar-refractivity contribution in [1.82, 2.24) is 36.4 Å². The summed E-state index contributed by atoms with van der Waals surface area (Å²) in [5.74, 6) is -6.08. The lowest BCUT2D eigenvalue weighted by Gasteiger charge is -2.32. The fourth-order valence-electron chi connectivity index (χ4n) is 8.05. The lowest BCUT2D eigenvalue weighted by Crippen LogP contribution is -2.61. The number of amides is 7. The Hall–Kier alpha value is -5.68. The van der Waals surface area contributed by atoms with Crippen molar-refractivity contribution >= 4 is 65.0 Å². The summed E-state index contributed by atoms with van der Waals surface area (Å²) < 4.78 is 0. The Balaban J connectivity index is 1.81. The number of aliphatic hydroxyl groups is 1. The molecule has 23 heteroatoms. The van der Waals surface area contributed by atoms with Crippen LogP contribution in [-0.2, 0) is 44.8 Å². The van der Waals surface area contributed by atoms with Gasteiger partial charge in [0.15, 0.2) is 5.96 Å². The van der Waals surface area contributed by atoms with Crippen LogP contribution in [0.5, 0.6) is 5.75 Å². The number of carbonyl (C=O) groups excluding carboxylic acids is 7. The summed E-state index contributed by atoms with van der Waals surface area (Å²) in [6.07, 6.45) is 2.27. The predicted molar refractivity (Wildman–Crippen MR) is 255 cm³/mol. The second kappa shape index (κ2) is 27.3. The number of nitrogens with one attached hydrogen (secondary N) is 5. The third-order valence-corrected chi connectivity index (χ3v) is 12.5. The number of hydrogen-bond donors (Lipinski definition) is 11. The number of carbonyl (C=O) groups is 8. The number of rotatable bonds is 26. The van der Waals surface area contributed by atoms with Gasteiger partial charge in [0.25, 0.3) is 0 Å². The Morgan fingerprint density at radius 2 is 1.29 bits per heavy atom. The second-order valence-corrected chi connectivity index (χ2v) is 19.2. The molecular formula is C45H73N11O11S. The summed E-state index contributed by atoms with van der Waals surface area (Å²) in [5, 5.41) is 43.2. The fraction of sp³-hybridized carbons (Fsp3) is 0.667. The number of nitrogens with zero attached hydrogens (tertiary/aromatic N) is 3. The van der Waals surface area contributed by atoms with E-state index in [9.17, 15) is 53.7 Å². The van der Waals surface area contributed by atoms with Gasteiger partial charge in [-0.3, -0.25) is 38.6 Å². The van der Waals surface area contributed by atoms with Crippen molar-refractivity contribution in [2.45, 2.75) is 147 Å². The molecule has 0 spiro atoms. The lowest BCUT2D eigenvalue weighted by molar-refractivity contribution is -0.143. The topological polar surface area (TPSA) is 354 Å². The fourth-order valence-corrected chi connectivity index (χ4v) is 8.52. The number of carboxylic acid groups (broad SMARTS) is 1. The van der Waals surface area contributed by atoms with Gasteiger partial charge in [0.1, 0.15) is 48.0 Å². The number of guanidine groups is 1. The summed E-state index contributed by atoms with van der Waals surface area (Å²) in [5.41, 5.74) is 17.7. The zero-order valence-corrected chi connectivity index (χ0v) is 40.8. The number of aliphatic hydroxyl groups excluding tert-OH is 1. The molecule has 0 radical (unpaired) electrons. The summed E-state index contributed by atoms with van der Waals surface area (Å²) >= 11 is 1.38. The minimum absolute atomic E-state index is 0.0356. The third kappa shape index (κ3) is 17.1. The first-order valence-corrected chi connectivity index (χ1v) is 24.6. The third-order valence-electron chi connectivity index (χ3n) is 11.9. The van der Waals surface area contributed by atoms with Crippen LogP contribution in [0.1, 0.15) is 91.5 Å². The van der Waals surface area contributed by atoms with Gasteiger partial charge >= 0.3 is 5.97 Å². The SMILES string of the molecule is CSCC[C@H](NC(=O)[C@@H]1CCCN1C(=O)[C@H](CCCN=C(N)N)NC(=O)[C@H](CC(C)C)NC(=O)[C@@H]1CCCN1C(=O)[C@@H](N)C(C)C)C(=O)N[C@H](C(=O)N[C@@H](Cc1ccc(O)cc1)C(=O)O)[C@@H](C)O. The molecule has 2 fully saturated rings. The quantitative estimate of drug-likeness (QED) is 0.0290. The van der Waals surface area contributed by atoms with Crippen LogP contribution in [0.25, 0.3) is 0 Å². The van der Waals surface area contributed by atoms with Gasteiger partial charge in [-0.1, -0.05) is 39.8 Å². The number of aliphatic carboxylic acids is 1. The number of likely N-dealkylation sites (tertiary alicyclic amines) is 2. The Morgan fingerprint density at radius 3 is 1.81 bits per heavy atom. The van der Waals surface area contributed by atoms with E-state index in [1.54, 1.807) is 6.26 Å². The number of hydrogen-bond acceptors (Lipinski definition) is 13. The van der Waals surface area contributed by atoms with Crippen LogP contribution < -0.4 is 43.8 Å². The summed E-state index contributed by atoms with van der Waals surface area (Å²) in [6, 6.07) is -3.65. The average molecular weight is 976 g/mol. The van der Waals surface area contributed by atoms with Gasteiger partial charge in [0.05, 0.1) is 12.1 Å². The molecule has 0 unspecified atom stereocenters. The van der Waals surface area contributed by atoms with Crippen molar-refractivity contribution in [1.29, 1.82) is 0 Å². The van der Waals surface area contributed by atoms with E-state index in [4.69, 9.17) is 17.2 Å².